The van der Waals surface area contributed by atoms with Crippen LogP contribution in [-0.2, 0) is 32.3 Å². The molecule has 4 N–H and O–H groups in total. The molecule has 0 heterocycles. The first-order chi connectivity index (χ1) is 16.3. The maximum atomic E-state index is 11.9. The van der Waals surface area contributed by atoms with E-state index < -0.39 is 42.9 Å². The van der Waals surface area contributed by atoms with E-state index in [-0.39, 0.29) is 18.9 Å². The number of benzene rings is 2. The Balaban J connectivity index is 2.21. The van der Waals surface area contributed by atoms with Crippen molar-refractivity contribution in [3.05, 3.63) is 59.7 Å². The van der Waals surface area contributed by atoms with E-state index in [4.69, 9.17) is 14.2 Å². The van der Waals surface area contributed by atoms with Crippen molar-refractivity contribution >= 4 is 18.2 Å². The fraction of sp³-hybridized carbons (Fsp3) is 0.375. The van der Waals surface area contributed by atoms with Crippen molar-refractivity contribution in [3.63, 3.8) is 0 Å². The van der Waals surface area contributed by atoms with Gasteiger partial charge < -0.3 is 39.6 Å². The topological polar surface area (TPSA) is 152 Å². The molecule has 2 aromatic rings. The molecule has 10 nitrogen and oxygen atoms in total. The van der Waals surface area contributed by atoms with Crippen LogP contribution in [0.3, 0.4) is 0 Å². The third-order valence-corrected chi connectivity index (χ3v) is 4.83. The Labute approximate surface area is 197 Å². The fourth-order valence-corrected chi connectivity index (χ4v) is 3.18. The molecule has 0 radical (unpaired) electrons. The Morgan fingerprint density at radius 1 is 0.941 bits per heavy atom. The van der Waals surface area contributed by atoms with E-state index in [1.54, 1.807) is 48.5 Å². The lowest BCUT2D eigenvalue weighted by atomic mass is 10.0. The van der Waals surface area contributed by atoms with Crippen LogP contribution in [0.1, 0.15) is 25.0 Å². The first kappa shape index (κ1) is 27.1. The number of hydrogen-bond acceptors (Lipinski definition) is 10. The summed E-state index contributed by atoms with van der Waals surface area (Å²) in [6.07, 6.45) is -3.99. The molecule has 2 aromatic carbocycles. The maximum absolute atomic E-state index is 11.9. The van der Waals surface area contributed by atoms with Crippen molar-refractivity contribution < 1.29 is 43.9 Å². The first-order valence-corrected chi connectivity index (χ1v) is 10.6. The van der Waals surface area contributed by atoms with Crippen LogP contribution in [0.15, 0.2) is 48.5 Å². The van der Waals surface area contributed by atoms with Gasteiger partial charge in [0.05, 0.1) is 19.3 Å². The lowest BCUT2D eigenvalue weighted by molar-refractivity contribution is -0.134. The number of nitrogens with one attached hydrogen (secondary N) is 1. The highest BCUT2D eigenvalue weighted by Crippen LogP contribution is 2.22. The molecule has 0 saturated carbocycles. The molecule has 34 heavy (non-hydrogen) atoms. The summed E-state index contributed by atoms with van der Waals surface area (Å²) in [5.41, 5.74) is 1.04. The zero-order valence-corrected chi connectivity index (χ0v) is 18.9. The standard InChI is InChI=1S/C24H29NO9/c1-15(28)33-21-9-5-3-7-17(21)11-25-19(12-26)24(23(31)20(30)13-27)32-14-18-8-4-6-10-22(18)34-16(2)29/h3-10,12,19-20,23-25,27,30-31H,11,13-14H2,1-2H3/t19-,20+,23-,24+/m0/s1. The van der Waals surface area contributed by atoms with Crippen molar-refractivity contribution in [2.24, 2.45) is 0 Å². The Hall–Kier alpha value is -3.15. The van der Waals surface area contributed by atoms with E-state index in [1.807, 2.05) is 0 Å². The number of hydrogen-bond donors (Lipinski definition) is 4. The van der Waals surface area contributed by atoms with E-state index in [2.05, 4.69) is 5.32 Å². The molecule has 0 amide bonds. The molecule has 0 aromatic heterocycles. The number of esters is 2. The summed E-state index contributed by atoms with van der Waals surface area (Å²) in [5, 5.41) is 32.7. The van der Waals surface area contributed by atoms with Gasteiger partial charge in [-0.1, -0.05) is 36.4 Å². The van der Waals surface area contributed by atoms with Crippen LogP contribution in [0, 0.1) is 0 Å². The number of aliphatic hydroxyl groups is 3. The van der Waals surface area contributed by atoms with E-state index in [0.717, 1.165) is 0 Å². The number of para-hydroxylation sites is 2. The van der Waals surface area contributed by atoms with Crippen molar-refractivity contribution in [3.8, 4) is 11.5 Å². The SMILES string of the molecule is CC(=O)Oc1ccccc1CN[C@@H](C=O)[C@@H](OCc1ccccc1OC(C)=O)[C@@H](O)[C@H](O)CO. The van der Waals surface area contributed by atoms with Crippen molar-refractivity contribution in [2.75, 3.05) is 6.61 Å². The van der Waals surface area contributed by atoms with Crippen LogP contribution in [0.25, 0.3) is 0 Å². The summed E-state index contributed by atoms with van der Waals surface area (Å²) in [6.45, 7) is 1.66. The molecule has 0 saturated heterocycles. The average molecular weight is 475 g/mol. The largest absolute Gasteiger partial charge is 0.426 e. The van der Waals surface area contributed by atoms with Gasteiger partial charge in [-0.15, -0.1) is 0 Å². The van der Waals surface area contributed by atoms with Crippen molar-refractivity contribution in [2.45, 2.75) is 51.4 Å². The second-order valence-corrected chi connectivity index (χ2v) is 7.46. The highest BCUT2D eigenvalue weighted by Gasteiger charge is 2.34. The maximum Gasteiger partial charge on any atom is 0.308 e. The minimum atomic E-state index is -1.63. The molecule has 0 unspecified atom stereocenters. The third kappa shape index (κ3) is 8.01. The molecule has 0 aliphatic rings. The smallest absolute Gasteiger partial charge is 0.308 e. The molecule has 0 aliphatic carbocycles. The Morgan fingerprint density at radius 3 is 2.00 bits per heavy atom. The van der Waals surface area contributed by atoms with Gasteiger partial charge in [0, 0.05) is 31.5 Å². The number of aldehydes is 1. The number of aliphatic hydroxyl groups excluding tert-OH is 3. The van der Waals surface area contributed by atoms with Gasteiger partial charge in [-0.25, -0.2) is 0 Å². The summed E-state index contributed by atoms with van der Waals surface area (Å²) in [4.78, 5) is 34.6. The molecule has 184 valence electrons. The van der Waals surface area contributed by atoms with E-state index in [1.165, 1.54) is 13.8 Å². The van der Waals surface area contributed by atoms with Gasteiger partial charge in [0.25, 0.3) is 0 Å². The monoisotopic (exact) mass is 475 g/mol. The lowest BCUT2D eigenvalue weighted by Gasteiger charge is -2.31. The first-order valence-electron chi connectivity index (χ1n) is 10.6. The van der Waals surface area contributed by atoms with Gasteiger partial charge in [0.2, 0.25) is 0 Å². The Bertz CT molecular complexity index is 965. The molecule has 0 aliphatic heterocycles. The predicted molar refractivity (Wildman–Crippen MR) is 120 cm³/mol. The number of carbonyl (C=O) groups excluding carboxylic acids is 3. The fourth-order valence-electron chi connectivity index (χ4n) is 3.18. The summed E-state index contributed by atoms with van der Waals surface area (Å²) >= 11 is 0. The molecule has 4 atom stereocenters. The normalized spacial score (nSPS) is 14.5. The van der Waals surface area contributed by atoms with Crippen LogP contribution in [0.4, 0.5) is 0 Å². The van der Waals surface area contributed by atoms with Gasteiger partial charge in [0.1, 0.15) is 36.1 Å². The molecule has 0 spiro atoms. The number of ether oxygens (including phenoxy) is 3. The average Bonchev–Trinajstić information content (AvgIpc) is 2.81. The molecule has 0 bridgehead atoms. The summed E-state index contributed by atoms with van der Waals surface area (Å²) in [7, 11) is 0. The van der Waals surface area contributed by atoms with Gasteiger partial charge in [-0.3, -0.25) is 9.59 Å². The molecular formula is C24H29NO9. The van der Waals surface area contributed by atoms with Gasteiger partial charge in [-0.05, 0) is 12.1 Å². The minimum absolute atomic E-state index is 0.0681. The quantitative estimate of drug-likeness (QED) is 0.183. The van der Waals surface area contributed by atoms with Crippen molar-refractivity contribution in [1.82, 2.24) is 5.32 Å². The van der Waals surface area contributed by atoms with E-state index >= 15 is 0 Å². The molecule has 0 fully saturated rings. The number of carbonyl (C=O) groups is 3. The van der Waals surface area contributed by atoms with Crippen molar-refractivity contribution in [1.29, 1.82) is 0 Å². The van der Waals surface area contributed by atoms with Crippen LogP contribution in [0.2, 0.25) is 0 Å². The lowest BCUT2D eigenvalue weighted by Crippen LogP contribution is -2.53. The molecule has 2 rings (SSSR count). The second kappa shape index (κ2) is 13.5. The summed E-state index contributed by atoms with van der Waals surface area (Å²) in [6, 6.07) is 12.1. The number of rotatable bonds is 13. The second-order valence-electron chi connectivity index (χ2n) is 7.46. The minimum Gasteiger partial charge on any atom is -0.426 e. The van der Waals surface area contributed by atoms with Gasteiger partial charge in [0.15, 0.2) is 0 Å². The Kier molecular flexibility index (Phi) is 10.8. The summed E-state index contributed by atoms with van der Waals surface area (Å²) < 4.78 is 16.1. The van der Waals surface area contributed by atoms with E-state index in [9.17, 15) is 29.7 Å². The zero-order valence-electron chi connectivity index (χ0n) is 18.9. The highest BCUT2D eigenvalue weighted by atomic mass is 16.5. The highest BCUT2D eigenvalue weighted by molar-refractivity contribution is 5.70. The van der Waals surface area contributed by atoms with Crippen LogP contribution >= 0.6 is 0 Å². The van der Waals surface area contributed by atoms with Crippen LogP contribution in [0.5, 0.6) is 11.5 Å². The molecular weight excluding hydrogens is 446 g/mol. The Morgan fingerprint density at radius 2 is 1.47 bits per heavy atom. The van der Waals surface area contributed by atoms with Crippen LogP contribution in [-0.4, -0.2) is 64.5 Å². The van der Waals surface area contributed by atoms with E-state index in [0.29, 0.717) is 23.2 Å². The zero-order chi connectivity index (χ0) is 25.1. The van der Waals surface area contributed by atoms with Crippen LogP contribution < -0.4 is 14.8 Å². The summed E-state index contributed by atoms with van der Waals surface area (Å²) in [5.74, 6) is -0.486. The third-order valence-electron chi connectivity index (χ3n) is 4.83. The van der Waals surface area contributed by atoms with Gasteiger partial charge in [-0.2, -0.15) is 0 Å². The molecule has 10 heteroatoms. The van der Waals surface area contributed by atoms with Gasteiger partial charge >= 0.3 is 11.9 Å². The predicted octanol–water partition coefficient (Wildman–Crippen LogP) is 0.494.